The van der Waals surface area contributed by atoms with Gasteiger partial charge in [-0.2, -0.15) is 0 Å². The molecule has 2 aromatic rings. The van der Waals surface area contributed by atoms with E-state index in [1.54, 1.807) is 12.4 Å². The number of nitrogens with two attached hydrogens (primary N) is 1. The zero-order valence-electron chi connectivity index (χ0n) is 11.3. The van der Waals surface area contributed by atoms with Gasteiger partial charge in [-0.05, 0) is 25.1 Å². The van der Waals surface area contributed by atoms with Gasteiger partial charge in [0.25, 0.3) is 0 Å². The topological polar surface area (TPSA) is 76.3 Å². The molecule has 0 bridgehead atoms. The Kier molecular flexibility index (Phi) is 3.05. The monoisotopic (exact) mass is 291 g/mol. The van der Waals surface area contributed by atoms with E-state index in [1.165, 1.54) is 0 Å². The summed E-state index contributed by atoms with van der Waals surface area (Å²) in [5.74, 6) is 0.391. The number of nitrogen functional groups attached to an aromatic ring is 1. The highest BCUT2D eigenvalue weighted by Crippen LogP contribution is 2.32. The fraction of sp³-hybridized carbons (Fsp3) is 0.357. The summed E-state index contributed by atoms with van der Waals surface area (Å²) >= 11 is 0. The maximum absolute atomic E-state index is 11.7. The minimum absolute atomic E-state index is 0.0409. The number of benzene rings is 1. The maximum atomic E-state index is 11.7. The van der Waals surface area contributed by atoms with Crippen LogP contribution in [0.25, 0.3) is 10.8 Å². The summed E-state index contributed by atoms with van der Waals surface area (Å²) in [4.78, 5) is 6.29. The number of sulfone groups is 1. The van der Waals surface area contributed by atoms with Crippen molar-refractivity contribution < 1.29 is 8.42 Å². The predicted molar refractivity (Wildman–Crippen MR) is 81.6 cm³/mol. The van der Waals surface area contributed by atoms with Gasteiger partial charge in [-0.3, -0.25) is 4.98 Å². The second-order valence-electron chi connectivity index (χ2n) is 5.25. The molecule has 6 heteroatoms. The van der Waals surface area contributed by atoms with Crippen LogP contribution in [0.5, 0.6) is 0 Å². The minimum atomic E-state index is -2.92. The number of aromatic nitrogens is 1. The highest BCUT2D eigenvalue weighted by molar-refractivity contribution is 7.91. The van der Waals surface area contributed by atoms with Gasteiger partial charge in [-0.1, -0.05) is 0 Å². The number of hydrogen-bond donors (Lipinski definition) is 1. The van der Waals surface area contributed by atoms with Crippen LogP contribution in [0.2, 0.25) is 0 Å². The quantitative estimate of drug-likeness (QED) is 0.805. The molecule has 1 unspecified atom stereocenters. The normalized spacial score (nSPS) is 22.1. The van der Waals surface area contributed by atoms with E-state index < -0.39 is 9.84 Å². The largest absolute Gasteiger partial charge is 0.398 e. The molecule has 0 spiro atoms. The van der Waals surface area contributed by atoms with Crippen LogP contribution >= 0.6 is 0 Å². The van der Waals surface area contributed by atoms with Crippen LogP contribution in [-0.2, 0) is 9.84 Å². The van der Waals surface area contributed by atoms with Crippen LogP contribution in [0.3, 0.4) is 0 Å². The van der Waals surface area contributed by atoms with E-state index >= 15 is 0 Å². The van der Waals surface area contributed by atoms with E-state index in [9.17, 15) is 8.42 Å². The van der Waals surface area contributed by atoms with Gasteiger partial charge in [0.1, 0.15) is 0 Å². The second kappa shape index (κ2) is 4.63. The zero-order chi connectivity index (χ0) is 14.3. The minimum Gasteiger partial charge on any atom is -0.398 e. The van der Waals surface area contributed by atoms with E-state index in [1.807, 2.05) is 25.1 Å². The summed E-state index contributed by atoms with van der Waals surface area (Å²) in [6.07, 6.45) is 3.50. The highest BCUT2D eigenvalue weighted by Gasteiger charge is 2.29. The number of anilines is 2. The summed E-state index contributed by atoms with van der Waals surface area (Å²) in [6.45, 7) is 2.45. The maximum Gasteiger partial charge on any atom is 0.154 e. The average Bonchev–Trinajstić information content (AvgIpc) is 2.40. The molecular formula is C14H17N3O2S. The van der Waals surface area contributed by atoms with Crippen LogP contribution in [-0.4, -0.2) is 37.5 Å². The molecule has 0 aliphatic carbocycles. The number of nitrogens with zero attached hydrogens (tertiary/aromatic N) is 2. The van der Waals surface area contributed by atoms with E-state index in [0.717, 1.165) is 16.5 Å². The zero-order valence-corrected chi connectivity index (χ0v) is 12.1. The standard InChI is InChI=1S/C14H17N3O2S/c1-10-9-20(18,19)7-6-17(10)14-3-2-13(15)11-4-5-16-8-12(11)14/h2-5,8,10H,6-7,9,15H2,1H3. The molecule has 5 nitrogen and oxygen atoms in total. The first-order chi connectivity index (χ1) is 9.48. The SMILES string of the molecule is CC1CS(=O)(=O)CCN1c1ccc(N)c2ccncc12. The van der Waals surface area contributed by atoms with Crippen molar-refractivity contribution in [3.63, 3.8) is 0 Å². The van der Waals surface area contributed by atoms with Gasteiger partial charge < -0.3 is 10.6 Å². The summed E-state index contributed by atoms with van der Waals surface area (Å²) in [6, 6.07) is 5.67. The number of hydrogen-bond acceptors (Lipinski definition) is 5. The van der Waals surface area contributed by atoms with Gasteiger partial charge >= 0.3 is 0 Å². The lowest BCUT2D eigenvalue weighted by Crippen LogP contribution is -2.47. The molecule has 1 aromatic carbocycles. The Balaban J connectivity index is 2.09. The summed E-state index contributed by atoms with van der Waals surface area (Å²) in [7, 11) is -2.92. The third-order valence-corrected chi connectivity index (χ3v) is 5.60. The van der Waals surface area contributed by atoms with Gasteiger partial charge in [0.05, 0.1) is 11.5 Å². The molecule has 2 heterocycles. The molecule has 2 N–H and O–H groups in total. The molecule has 1 fully saturated rings. The van der Waals surface area contributed by atoms with E-state index in [4.69, 9.17) is 5.73 Å². The average molecular weight is 291 g/mol. The fourth-order valence-corrected chi connectivity index (χ4v) is 4.36. The molecule has 1 atom stereocenters. The molecule has 0 amide bonds. The van der Waals surface area contributed by atoms with Gasteiger partial charge in [0, 0.05) is 47.1 Å². The van der Waals surface area contributed by atoms with Gasteiger partial charge in [0.2, 0.25) is 0 Å². The van der Waals surface area contributed by atoms with Crippen molar-refractivity contribution in [3.8, 4) is 0 Å². The van der Waals surface area contributed by atoms with E-state index in [-0.39, 0.29) is 17.5 Å². The lowest BCUT2D eigenvalue weighted by atomic mass is 10.1. The van der Waals surface area contributed by atoms with Crippen molar-refractivity contribution in [1.82, 2.24) is 4.98 Å². The fourth-order valence-electron chi connectivity index (χ4n) is 2.81. The van der Waals surface area contributed by atoms with Crippen molar-refractivity contribution in [2.45, 2.75) is 13.0 Å². The van der Waals surface area contributed by atoms with Crippen molar-refractivity contribution >= 4 is 32.0 Å². The Bertz CT molecular complexity index is 758. The molecule has 20 heavy (non-hydrogen) atoms. The van der Waals surface area contributed by atoms with Crippen LogP contribution in [0, 0.1) is 0 Å². The smallest absolute Gasteiger partial charge is 0.154 e. The number of pyridine rings is 1. The number of rotatable bonds is 1. The molecular weight excluding hydrogens is 274 g/mol. The van der Waals surface area contributed by atoms with Crippen molar-refractivity contribution in [3.05, 3.63) is 30.6 Å². The third kappa shape index (κ3) is 2.20. The Morgan fingerprint density at radius 2 is 2.10 bits per heavy atom. The van der Waals surface area contributed by atoms with Crippen molar-refractivity contribution in [2.75, 3.05) is 28.7 Å². The first-order valence-electron chi connectivity index (χ1n) is 6.57. The van der Waals surface area contributed by atoms with Gasteiger partial charge in [-0.15, -0.1) is 0 Å². The van der Waals surface area contributed by atoms with Crippen LogP contribution < -0.4 is 10.6 Å². The van der Waals surface area contributed by atoms with E-state index in [2.05, 4.69) is 9.88 Å². The predicted octanol–water partition coefficient (Wildman–Crippen LogP) is 1.44. The lowest BCUT2D eigenvalue weighted by Gasteiger charge is -2.35. The van der Waals surface area contributed by atoms with Crippen LogP contribution in [0.1, 0.15) is 6.92 Å². The molecule has 1 aliphatic rings. The van der Waals surface area contributed by atoms with E-state index in [0.29, 0.717) is 12.2 Å². The Morgan fingerprint density at radius 1 is 1.30 bits per heavy atom. The van der Waals surface area contributed by atoms with Crippen molar-refractivity contribution in [2.24, 2.45) is 0 Å². The summed E-state index contributed by atoms with van der Waals surface area (Å²) < 4.78 is 23.4. The second-order valence-corrected chi connectivity index (χ2v) is 7.48. The van der Waals surface area contributed by atoms with Gasteiger partial charge in [0.15, 0.2) is 9.84 Å². The Morgan fingerprint density at radius 3 is 2.85 bits per heavy atom. The van der Waals surface area contributed by atoms with Crippen LogP contribution in [0.4, 0.5) is 11.4 Å². The number of fused-ring (bicyclic) bond motifs is 1. The molecule has 1 saturated heterocycles. The van der Waals surface area contributed by atoms with Crippen LogP contribution in [0.15, 0.2) is 30.6 Å². The summed E-state index contributed by atoms with van der Waals surface area (Å²) in [5, 5.41) is 1.93. The Hall–Kier alpha value is -1.82. The first kappa shape index (κ1) is 13.2. The first-order valence-corrected chi connectivity index (χ1v) is 8.39. The molecule has 0 saturated carbocycles. The third-order valence-electron chi connectivity index (χ3n) is 3.81. The molecule has 106 valence electrons. The summed E-state index contributed by atoms with van der Waals surface area (Å²) in [5.41, 5.74) is 7.71. The molecule has 0 radical (unpaired) electrons. The molecule has 1 aliphatic heterocycles. The lowest BCUT2D eigenvalue weighted by molar-refractivity contribution is 0.569. The Labute approximate surface area is 118 Å². The molecule has 3 rings (SSSR count). The van der Waals surface area contributed by atoms with Crippen molar-refractivity contribution in [1.29, 1.82) is 0 Å². The highest BCUT2D eigenvalue weighted by atomic mass is 32.2. The van der Waals surface area contributed by atoms with Gasteiger partial charge in [-0.25, -0.2) is 8.42 Å². The molecule has 1 aromatic heterocycles.